The van der Waals surface area contributed by atoms with Gasteiger partial charge in [0.05, 0.1) is 12.8 Å². The molecule has 0 fully saturated rings. The van der Waals surface area contributed by atoms with Gasteiger partial charge in [0.25, 0.3) is 0 Å². The number of pyridine rings is 1. The fourth-order valence-corrected chi connectivity index (χ4v) is 3.64. The first-order valence-corrected chi connectivity index (χ1v) is 10.3. The van der Waals surface area contributed by atoms with E-state index in [9.17, 15) is 22.4 Å². The lowest BCUT2D eigenvalue weighted by atomic mass is 10.0. The zero-order valence-electron chi connectivity index (χ0n) is 18.4. The molecule has 0 radical (unpaired) electrons. The average molecular weight is 489 g/mol. The van der Waals surface area contributed by atoms with E-state index in [1.54, 1.807) is 12.1 Å². The maximum absolute atomic E-state index is 14.4. The SMILES string of the molecule is C=C(Cc1ccc2c(c1)O[C@H](c1ccc(-c3cc(OC)ccc3F)nc1C(F)(F)F)CO2)C(=O)O. The molecule has 1 aliphatic rings. The Morgan fingerprint density at radius 1 is 1.17 bits per heavy atom. The highest BCUT2D eigenvalue weighted by Gasteiger charge is 2.39. The molecular weight excluding hydrogens is 470 g/mol. The number of benzene rings is 2. The van der Waals surface area contributed by atoms with Crippen LogP contribution in [0.1, 0.15) is 22.9 Å². The normalized spacial score (nSPS) is 14.9. The molecule has 6 nitrogen and oxygen atoms in total. The van der Waals surface area contributed by atoms with Crippen LogP contribution in [0.2, 0.25) is 0 Å². The van der Waals surface area contributed by atoms with E-state index in [1.165, 1.54) is 37.4 Å². The number of fused-ring (bicyclic) bond motifs is 1. The second kappa shape index (κ2) is 9.28. The largest absolute Gasteiger partial charge is 0.497 e. The summed E-state index contributed by atoms with van der Waals surface area (Å²) in [6, 6.07) is 10.8. The van der Waals surface area contributed by atoms with Gasteiger partial charge in [-0.1, -0.05) is 18.7 Å². The van der Waals surface area contributed by atoms with E-state index in [4.69, 9.17) is 19.3 Å². The average Bonchev–Trinajstić information content (AvgIpc) is 2.83. The van der Waals surface area contributed by atoms with Crippen LogP contribution in [0.4, 0.5) is 17.6 Å². The molecule has 1 aromatic heterocycles. The van der Waals surface area contributed by atoms with Gasteiger partial charge in [0.1, 0.15) is 18.2 Å². The third kappa shape index (κ3) is 5.06. The number of nitrogens with zero attached hydrogens (tertiary/aromatic N) is 1. The molecule has 2 heterocycles. The van der Waals surface area contributed by atoms with Crippen LogP contribution in [-0.2, 0) is 17.4 Å². The maximum Gasteiger partial charge on any atom is 0.433 e. The number of carbonyl (C=O) groups is 1. The fraction of sp³-hybridized carbons (Fsp3) is 0.200. The van der Waals surface area contributed by atoms with Crippen LogP contribution < -0.4 is 14.2 Å². The number of carboxylic acid groups (broad SMARTS) is 1. The fourth-order valence-electron chi connectivity index (χ4n) is 3.64. The molecule has 182 valence electrons. The van der Waals surface area contributed by atoms with Gasteiger partial charge in [0.15, 0.2) is 23.3 Å². The monoisotopic (exact) mass is 489 g/mol. The molecule has 0 aliphatic carbocycles. The Morgan fingerprint density at radius 2 is 1.94 bits per heavy atom. The Morgan fingerprint density at radius 3 is 2.63 bits per heavy atom. The van der Waals surface area contributed by atoms with Crippen molar-refractivity contribution in [1.29, 1.82) is 0 Å². The summed E-state index contributed by atoms with van der Waals surface area (Å²) in [4.78, 5) is 14.8. The van der Waals surface area contributed by atoms with Gasteiger partial charge in [-0.05, 0) is 42.0 Å². The number of hydrogen-bond acceptors (Lipinski definition) is 5. The third-order valence-electron chi connectivity index (χ3n) is 5.38. The summed E-state index contributed by atoms with van der Waals surface area (Å²) >= 11 is 0. The topological polar surface area (TPSA) is 77.9 Å². The Hall–Kier alpha value is -4.08. The molecule has 4 rings (SSSR count). The van der Waals surface area contributed by atoms with Gasteiger partial charge in [-0.25, -0.2) is 14.2 Å². The lowest BCUT2D eigenvalue weighted by Crippen LogP contribution is -2.25. The third-order valence-corrected chi connectivity index (χ3v) is 5.38. The molecule has 3 aromatic rings. The van der Waals surface area contributed by atoms with E-state index >= 15 is 0 Å². The minimum atomic E-state index is -4.86. The van der Waals surface area contributed by atoms with Crippen LogP contribution >= 0.6 is 0 Å². The molecule has 0 unspecified atom stereocenters. The van der Waals surface area contributed by atoms with Gasteiger partial charge in [-0.2, -0.15) is 13.2 Å². The van der Waals surface area contributed by atoms with E-state index in [0.717, 1.165) is 6.07 Å². The summed E-state index contributed by atoms with van der Waals surface area (Å²) in [6.45, 7) is 3.26. The smallest absolute Gasteiger partial charge is 0.433 e. The van der Waals surface area contributed by atoms with E-state index in [-0.39, 0.29) is 46.9 Å². The Kier molecular flexibility index (Phi) is 6.38. The van der Waals surface area contributed by atoms with Crippen LogP contribution in [0.3, 0.4) is 0 Å². The minimum absolute atomic E-state index is 0.0206. The number of carboxylic acids is 1. The van der Waals surface area contributed by atoms with Gasteiger partial charge in [-0.3, -0.25) is 0 Å². The van der Waals surface area contributed by atoms with Gasteiger partial charge in [-0.15, -0.1) is 0 Å². The Labute approximate surface area is 197 Å². The number of methoxy groups -OCH3 is 1. The summed E-state index contributed by atoms with van der Waals surface area (Å²) in [5.41, 5.74) is -1.39. The number of alkyl halides is 3. The molecule has 1 atom stereocenters. The highest BCUT2D eigenvalue weighted by molar-refractivity contribution is 5.86. The van der Waals surface area contributed by atoms with Gasteiger partial charge in [0, 0.05) is 23.1 Å². The quantitative estimate of drug-likeness (QED) is 0.358. The number of hydrogen-bond donors (Lipinski definition) is 1. The van der Waals surface area contributed by atoms with Crippen LogP contribution in [-0.4, -0.2) is 29.8 Å². The van der Waals surface area contributed by atoms with Crippen molar-refractivity contribution in [1.82, 2.24) is 4.98 Å². The first kappa shape index (κ1) is 24.1. The zero-order valence-corrected chi connectivity index (χ0v) is 18.4. The summed E-state index contributed by atoms with van der Waals surface area (Å²) in [5, 5.41) is 9.03. The Balaban J connectivity index is 1.69. The van der Waals surface area contributed by atoms with Crippen LogP contribution in [0.15, 0.2) is 60.7 Å². The van der Waals surface area contributed by atoms with E-state index in [2.05, 4.69) is 11.6 Å². The molecule has 0 saturated carbocycles. The summed E-state index contributed by atoms with van der Waals surface area (Å²) in [6.07, 6.45) is -5.99. The van der Waals surface area contributed by atoms with Crippen LogP contribution in [0, 0.1) is 5.82 Å². The van der Waals surface area contributed by atoms with Crippen molar-refractivity contribution < 1.29 is 41.7 Å². The summed E-state index contributed by atoms with van der Waals surface area (Å²) < 4.78 is 72.7. The van der Waals surface area contributed by atoms with Crippen molar-refractivity contribution in [3.63, 3.8) is 0 Å². The lowest BCUT2D eigenvalue weighted by molar-refractivity contribution is -0.142. The summed E-state index contributed by atoms with van der Waals surface area (Å²) in [5.74, 6) is -1.18. The van der Waals surface area contributed by atoms with Crippen molar-refractivity contribution in [3.05, 3.63) is 83.3 Å². The molecule has 10 heteroatoms. The number of ether oxygens (including phenoxy) is 3. The zero-order chi connectivity index (χ0) is 25.3. The molecular formula is C25H19F4NO5. The maximum atomic E-state index is 14.4. The van der Waals surface area contributed by atoms with Crippen LogP contribution in [0.5, 0.6) is 17.2 Å². The van der Waals surface area contributed by atoms with Crippen molar-refractivity contribution in [3.8, 4) is 28.5 Å². The lowest BCUT2D eigenvalue weighted by Gasteiger charge is -2.28. The predicted molar refractivity (Wildman–Crippen MR) is 117 cm³/mol. The van der Waals surface area contributed by atoms with E-state index < -0.39 is 29.8 Å². The number of aromatic nitrogens is 1. The van der Waals surface area contributed by atoms with Crippen molar-refractivity contribution in [2.24, 2.45) is 0 Å². The standard InChI is InChI=1S/C25H19F4NO5/c1-13(24(31)32)9-14-3-8-20-21(10-14)35-22(12-34-20)16-5-7-19(30-23(16)25(27,28)29)17-11-15(33-2)4-6-18(17)26/h3-8,10-11,22H,1,9,12H2,2H3,(H,31,32)/t22-/m0/s1. The second-order valence-corrected chi connectivity index (χ2v) is 7.76. The van der Waals surface area contributed by atoms with Crippen LogP contribution in [0.25, 0.3) is 11.3 Å². The first-order chi connectivity index (χ1) is 16.6. The number of halogens is 4. The number of rotatable bonds is 6. The minimum Gasteiger partial charge on any atom is -0.497 e. The summed E-state index contributed by atoms with van der Waals surface area (Å²) in [7, 11) is 1.36. The molecule has 2 aromatic carbocycles. The van der Waals surface area contributed by atoms with Gasteiger partial charge >= 0.3 is 12.1 Å². The molecule has 0 amide bonds. The highest BCUT2D eigenvalue weighted by Crippen LogP contribution is 2.41. The number of aliphatic carboxylic acids is 1. The molecule has 35 heavy (non-hydrogen) atoms. The van der Waals surface area contributed by atoms with Crippen molar-refractivity contribution in [2.75, 3.05) is 13.7 Å². The van der Waals surface area contributed by atoms with Gasteiger partial charge < -0.3 is 19.3 Å². The molecule has 0 bridgehead atoms. The molecule has 0 spiro atoms. The van der Waals surface area contributed by atoms with Crippen molar-refractivity contribution >= 4 is 5.97 Å². The molecule has 1 N–H and O–H groups in total. The van der Waals surface area contributed by atoms with E-state index in [0.29, 0.717) is 11.3 Å². The Bertz CT molecular complexity index is 1310. The first-order valence-electron chi connectivity index (χ1n) is 10.3. The molecule has 1 aliphatic heterocycles. The highest BCUT2D eigenvalue weighted by atomic mass is 19.4. The second-order valence-electron chi connectivity index (χ2n) is 7.76. The van der Waals surface area contributed by atoms with E-state index in [1.807, 2.05) is 0 Å². The predicted octanol–water partition coefficient (Wildman–Crippen LogP) is 5.61. The molecule has 0 saturated heterocycles. The van der Waals surface area contributed by atoms with Crippen molar-refractivity contribution in [2.45, 2.75) is 18.7 Å². The van der Waals surface area contributed by atoms with Gasteiger partial charge in [0.2, 0.25) is 0 Å².